The smallest absolute Gasteiger partial charge is 0.423 e. The Hall–Kier alpha value is -1.33. The van der Waals surface area contributed by atoms with E-state index < -0.39 is 7.12 Å². The van der Waals surface area contributed by atoms with Crippen LogP contribution in [0.3, 0.4) is 0 Å². The lowest BCUT2D eigenvalue weighted by Gasteiger charge is -2.46. The Kier molecular flexibility index (Phi) is 2.86. The highest BCUT2D eigenvalue weighted by Crippen LogP contribution is 2.38. The van der Waals surface area contributed by atoms with Gasteiger partial charge in [-0.15, -0.1) is 0 Å². The zero-order valence-electron chi connectivity index (χ0n) is 11.4. The predicted octanol–water partition coefficient (Wildman–Crippen LogP) is 0.776. The molecule has 1 saturated carbocycles. The van der Waals surface area contributed by atoms with Crippen LogP contribution in [0, 0.1) is 11.8 Å². The van der Waals surface area contributed by atoms with Crippen LogP contribution >= 0.6 is 0 Å². The van der Waals surface area contributed by atoms with Crippen molar-refractivity contribution in [3.05, 3.63) is 29.3 Å². The van der Waals surface area contributed by atoms with Crippen LogP contribution in [0.25, 0.3) is 0 Å². The van der Waals surface area contributed by atoms with Gasteiger partial charge in [0.15, 0.2) is 0 Å². The Morgan fingerprint density at radius 2 is 2.10 bits per heavy atom. The highest BCUT2D eigenvalue weighted by atomic mass is 16.5. The average Bonchev–Trinajstić information content (AvgIpc) is 2.71. The van der Waals surface area contributed by atoms with Gasteiger partial charge in [-0.2, -0.15) is 0 Å². The van der Waals surface area contributed by atoms with Crippen molar-refractivity contribution in [1.29, 1.82) is 0 Å². The molecule has 4 nitrogen and oxygen atoms in total. The second-order valence-corrected chi connectivity index (χ2v) is 6.24. The van der Waals surface area contributed by atoms with E-state index in [4.69, 9.17) is 4.65 Å². The largest absolute Gasteiger partial charge is 0.491 e. The van der Waals surface area contributed by atoms with Crippen molar-refractivity contribution in [2.45, 2.75) is 25.9 Å². The molecule has 1 aliphatic carbocycles. The standard InChI is InChI=1S/C15H18BNO3/c18-15(17-7-13(8-17)10-2-1-3-10)11-4-5-14-12(6-11)9-20-16(14)19/h4-6,10,13,19H,1-3,7-9H2. The number of nitrogens with zero attached hydrogens (tertiary/aromatic N) is 1. The van der Waals surface area contributed by atoms with Gasteiger partial charge in [-0.1, -0.05) is 25.3 Å². The molecule has 0 aromatic heterocycles. The van der Waals surface area contributed by atoms with Crippen LogP contribution < -0.4 is 5.46 Å². The minimum Gasteiger partial charge on any atom is -0.423 e. The number of rotatable bonds is 2. The second kappa shape index (κ2) is 4.60. The minimum atomic E-state index is -0.832. The maximum Gasteiger partial charge on any atom is 0.491 e. The minimum absolute atomic E-state index is 0.116. The van der Waals surface area contributed by atoms with Crippen molar-refractivity contribution in [1.82, 2.24) is 4.90 Å². The van der Waals surface area contributed by atoms with Crippen molar-refractivity contribution >= 4 is 18.5 Å². The van der Waals surface area contributed by atoms with E-state index in [-0.39, 0.29) is 5.91 Å². The van der Waals surface area contributed by atoms with Gasteiger partial charge in [0.2, 0.25) is 0 Å². The fraction of sp³-hybridized carbons (Fsp3) is 0.533. The van der Waals surface area contributed by atoms with Crippen molar-refractivity contribution < 1.29 is 14.5 Å². The van der Waals surface area contributed by atoms with Crippen LogP contribution in [-0.2, 0) is 11.3 Å². The lowest BCUT2D eigenvalue weighted by molar-refractivity contribution is 0.0221. The number of fused-ring (bicyclic) bond motifs is 1. The van der Waals surface area contributed by atoms with Gasteiger partial charge in [0.1, 0.15) is 0 Å². The summed E-state index contributed by atoms with van der Waals surface area (Å²) in [6.07, 6.45) is 4.06. The van der Waals surface area contributed by atoms with E-state index in [1.54, 1.807) is 6.07 Å². The average molecular weight is 271 g/mol. The lowest BCUT2D eigenvalue weighted by Crippen LogP contribution is -2.53. The fourth-order valence-electron chi connectivity index (χ4n) is 3.43. The Morgan fingerprint density at radius 3 is 2.80 bits per heavy atom. The summed E-state index contributed by atoms with van der Waals surface area (Å²) < 4.78 is 5.16. The number of amides is 1. The topological polar surface area (TPSA) is 49.8 Å². The summed E-state index contributed by atoms with van der Waals surface area (Å²) in [7, 11) is -0.832. The molecule has 0 spiro atoms. The van der Waals surface area contributed by atoms with Gasteiger partial charge < -0.3 is 14.6 Å². The van der Waals surface area contributed by atoms with Crippen molar-refractivity contribution in [2.24, 2.45) is 11.8 Å². The van der Waals surface area contributed by atoms with Crippen molar-refractivity contribution in [2.75, 3.05) is 13.1 Å². The Bertz CT molecular complexity index is 552. The molecule has 1 saturated heterocycles. The number of hydrogen-bond acceptors (Lipinski definition) is 3. The zero-order chi connectivity index (χ0) is 13.7. The first-order valence-corrected chi connectivity index (χ1v) is 7.44. The molecule has 1 aromatic rings. The molecule has 20 heavy (non-hydrogen) atoms. The Morgan fingerprint density at radius 1 is 1.30 bits per heavy atom. The van der Waals surface area contributed by atoms with Gasteiger partial charge in [0.05, 0.1) is 6.61 Å². The van der Waals surface area contributed by atoms with Crippen LogP contribution in [0.2, 0.25) is 0 Å². The van der Waals surface area contributed by atoms with E-state index in [0.717, 1.165) is 36.0 Å². The van der Waals surface area contributed by atoms with E-state index >= 15 is 0 Å². The molecule has 2 fully saturated rings. The SMILES string of the molecule is O=C(c1ccc2c(c1)COB2O)N1CC(C2CCC2)C1. The predicted molar refractivity (Wildman–Crippen MR) is 75.6 cm³/mol. The third-order valence-corrected chi connectivity index (χ3v) is 5.07. The summed E-state index contributed by atoms with van der Waals surface area (Å²) >= 11 is 0. The number of benzene rings is 1. The van der Waals surface area contributed by atoms with Gasteiger partial charge in [0, 0.05) is 18.7 Å². The van der Waals surface area contributed by atoms with Gasteiger partial charge in [-0.05, 0) is 35.0 Å². The first-order valence-electron chi connectivity index (χ1n) is 7.44. The van der Waals surface area contributed by atoms with Gasteiger partial charge in [-0.25, -0.2) is 0 Å². The van der Waals surface area contributed by atoms with Crippen LogP contribution in [0.5, 0.6) is 0 Å². The molecular formula is C15H18BNO3. The molecular weight excluding hydrogens is 253 g/mol. The fourth-order valence-corrected chi connectivity index (χ4v) is 3.43. The highest BCUT2D eigenvalue weighted by molar-refractivity contribution is 6.61. The summed E-state index contributed by atoms with van der Waals surface area (Å²) in [5.41, 5.74) is 2.44. The molecule has 0 radical (unpaired) electrons. The molecule has 1 amide bonds. The Balaban J connectivity index is 1.44. The van der Waals surface area contributed by atoms with Gasteiger partial charge >= 0.3 is 7.12 Å². The Labute approximate surface area is 118 Å². The van der Waals surface area contributed by atoms with E-state index in [1.807, 2.05) is 17.0 Å². The summed E-state index contributed by atoms with van der Waals surface area (Å²) in [5, 5.41) is 9.59. The quantitative estimate of drug-likeness (QED) is 0.808. The first kappa shape index (κ1) is 12.4. The summed E-state index contributed by atoms with van der Waals surface area (Å²) in [4.78, 5) is 14.3. The van der Waals surface area contributed by atoms with Crippen LogP contribution in [0.15, 0.2) is 18.2 Å². The highest BCUT2D eigenvalue weighted by Gasteiger charge is 2.39. The van der Waals surface area contributed by atoms with E-state index in [9.17, 15) is 9.82 Å². The number of carbonyl (C=O) groups excluding carboxylic acids is 1. The molecule has 2 heterocycles. The molecule has 5 heteroatoms. The number of likely N-dealkylation sites (tertiary alicyclic amines) is 1. The van der Waals surface area contributed by atoms with Crippen molar-refractivity contribution in [3.63, 3.8) is 0 Å². The zero-order valence-corrected chi connectivity index (χ0v) is 11.4. The van der Waals surface area contributed by atoms with Gasteiger partial charge in [-0.3, -0.25) is 4.79 Å². The van der Waals surface area contributed by atoms with E-state index in [1.165, 1.54) is 19.3 Å². The normalized spacial score (nSPS) is 22.4. The third kappa shape index (κ3) is 1.88. The molecule has 0 atom stereocenters. The number of hydrogen-bond donors (Lipinski definition) is 1. The lowest BCUT2D eigenvalue weighted by atomic mass is 9.72. The second-order valence-electron chi connectivity index (χ2n) is 6.24. The van der Waals surface area contributed by atoms with Crippen LogP contribution in [0.4, 0.5) is 0 Å². The molecule has 4 rings (SSSR count). The molecule has 3 aliphatic rings. The van der Waals surface area contributed by atoms with Crippen molar-refractivity contribution in [3.8, 4) is 0 Å². The number of carbonyl (C=O) groups is 1. The summed E-state index contributed by atoms with van der Waals surface area (Å²) in [6.45, 7) is 2.22. The maximum atomic E-state index is 12.4. The van der Waals surface area contributed by atoms with Crippen LogP contribution in [-0.4, -0.2) is 36.0 Å². The molecule has 1 aromatic carbocycles. The molecule has 1 N–H and O–H groups in total. The van der Waals surface area contributed by atoms with Gasteiger partial charge in [0.25, 0.3) is 5.91 Å². The monoisotopic (exact) mass is 271 g/mol. The molecule has 2 aliphatic heterocycles. The molecule has 0 bridgehead atoms. The first-order chi connectivity index (χ1) is 9.72. The molecule has 104 valence electrons. The maximum absolute atomic E-state index is 12.4. The third-order valence-electron chi connectivity index (χ3n) is 5.07. The summed E-state index contributed by atoms with van der Waals surface area (Å²) in [6, 6.07) is 5.48. The van der Waals surface area contributed by atoms with E-state index in [2.05, 4.69) is 0 Å². The van der Waals surface area contributed by atoms with E-state index in [0.29, 0.717) is 12.2 Å². The summed E-state index contributed by atoms with van der Waals surface area (Å²) in [5.74, 6) is 1.71. The molecule has 0 unspecified atom stereocenters. The van der Waals surface area contributed by atoms with Crippen LogP contribution in [0.1, 0.15) is 35.2 Å².